The predicted molar refractivity (Wildman–Crippen MR) is 75.8 cm³/mol. The van der Waals surface area contributed by atoms with Gasteiger partial charge in [-0.1, -0.05) is 0 Å². The highest BCUT2D eigenvalue weighted by Gasteiger charge is 2.06. The SMILES string of the molecule is Cc1cc(C=CC#N)cc(C)c1NCC(O)CCl. The zero-order valence-electron chi connectivity index (χ0n) is 10.6. The van der Waals surface area contributed by atoms with Gasteiger partial charge in [-0.3, -0.25) is 0 Å². The third-order valence-electron chi connectivity index (χ3n) is 2.60. The molecule has 0 spiro atoms. The molecule has 3 nitrogen and oxygen atoms in total. The molecular formula is C14H17ClN2O. The van der Waals surface area contributed by atoms with Crippen LogP contribution in [0.5, 0.6) is 0 Å². The Hall–Kier alpha value is -1.50. The molecule has 1 aromatic rings. The first-order chi connectivity index (χ1) is 8.58. The van der Waals surface area contributed by atoms with Crippen LogP contribution in [-0.4, -0.2) is 23.6 Å². The fourth-order valence-electron chi connectivity index (χ4n) is 1.78. The maximum absolute atomic E-state index is 9.43. The average molecular weight is 265 g/mol. The van der Waals surface area contributed by atoms with Gasteiger partial charge in [-0.25, -0.2) is 0 Å². The van der Waals surface area contributed by atoms with Crippen LogP contribution in [-0.2, 0) is 0 Å². The van der Waals surface area contributed by atoms with E-state index >= 15 is 0 Å². The summed E-state index contributed by atoms with van der Waals surface area (Å²) < 4.78 is 0. The first-order valence-corrected chi connectivity index (χ1v) is 6.27. The van der Waals surface area contributed by atoms with Crippen LogP contribution in [0.2, 0.25) is 0 Å². The Kier molecular flexibility index (Phi) is 5.70. The van der Waals surface area contributed by atoms with Crippen molar-refractivity contribution in [3.8, 4) is 6.07 Å². The summed E-state index contributed by atoms with van der Waals surface area (Å²) in [6, 6.07) is 5.97. The van der Waals surface area contributed by atoms with Crippen molar-refractivity contribution >= 4 is 23.4 Å². The molecule has 1 unspecified atom stereocenters. The lowest BCUT2D eigenvalue weighted by atomic mass is 10.0. The number of nitrogens with one attached hydrogen (secondary N) is 1. The Balaban J connectivity index is 2.88. The van der Waals surface area contributed by atoms with Crippen LogP contribution >= 0.6 is 11.6 Å². The number of rotatable bonds is 5. The molecule has 0 saturated heterocycles. The number of hydrogen-bond donors (Lipinski definition) is 2. The standard InChI is InChI=1S/C14H17ClN2O/c1-10-6-12(4-3-5-16)7-11(2)14(10)17-9-13(18)8-15/h3-4,6-7,13,17-18H,8-9H2,1-2H3. The number of aryl methyl sites for hydroxylation is 2. The van der Waals surface area contributed by atoms with Gasteiger partial charge >= 0.3 is 0 Å². The lowest BCUT2D eigenvalue weighted by Gasteiger charge is -2.15. The summed E-state index contributed by atoms with van der Waals surface area (Å²) in [5, 5.41) is 21.1. The van der Waals surface area contributed by atoms with Gasteiger partial charge < -0.3 is 10.4 Å². The lowest BCUT2D eigenvalue weighted by molar-refractivity contribution is 0.211. The number of aliphatic hydroxyl groups excluding tert-OH is 1. The van der Waals surface area contributed by atoms with E-state index in [-0.39, 0.29) is 5.88 Å². The van der Waals surface area contributed by atoms with Crippen LogP contribution < -0.4 is 5.32 Å². The minimum Gasteiger partial charge on any atom is -0.390 e. The van der Waals surface area contributed by atoms with Crippen molar-refractivity contribution in [2.45, 2.75) is 20.0 Å². The van der Waals surface area contributed by atoms with Crippen LogP contribution in [0.15, 0.2) is 18.2 Å². The summed E-state index contributed by atoms with van der Waals surface area (Å²) >= 11 is 5.55. The van der Waals surface area contributed by atoms with E-state index in [4.69, 9.17) is 16.9 Å². The molecule has 2 N–H and O–H groups in total. The highest BCUT2D eigenvalue weighted by molar-refractivity contribution is 6.18. The Morgan fingerprint density at radius 1 is 1.44 bits per heavy atom. The second-order valence-corrected chi connectivity index (χ2v) is 4.49. The number of alkyl halides is 1. The molecule has 0 aliphatic carbocycles. The molecule has 0 bridgehead atoms. The monoisotopic (exact) mass is 264 g/mol. The van der Waals surface area contributed by atoms with E-state index in [1.54, 1.807) is 6.08 Å². The van der Waals surface area contributed by atoms with E-state index < -0.39 is 6.10 Å². The number of anilines is 1. The second kappa shape index (κ2) is 7.05. The molecule has 0 radical (unpaired) electrons. The maximum atomic E-state index is 9.43. The number of nitrogens with zero attached hydrogens (tertiary/aromatic N) is 1. The van der Waals surface area contributed by atoms with Crippen molar-refractivity contribution in [1.29, 1.82) is 5.26 Å². The van der Waals surface area contributed by atoms with Crippen molar-refractivity contribution in [3.63, 3.8) is 0 Å². The van der Waals surface area contributed by atoms with E-state index in [2.05, 4.69) is 5.32 Å². The van der Waals surface area contributed by atoms with Gasteiger partial charge in [0.25, 0.3) is 0 Å². The summed E-state index contributed by atoms with van der Waals surface area (Å²) in [5.41, 5.74) is 4.16. The van der Waals surface area contributed by atoms with E-state index in [9.17, 15) is 5.11 Å². The zero-order chi connectivity index (χ0) is 13.5. The van der Waals surface area contributed by atoms with Gasteiger partial charge in [-0.05, 0) is 48.7 Å². The van der Waals surface area contributed by atoms with E-state index in [0.29, 0.717) is 6.54 Å². The summed E-state index contributed by atoms with van der Waals surface area (Å²) in [6.07, 6.45) is 2.68. The van der Waals surface area contributed by atoms with Crippen molar-refractivity contribution in [2.75, 3.05) is 17.7 Å². The second-order valence-electron chi connectivity index (χ2n) is 4.18. The minimum absolute atomic E-state index is 0.216. The Bertz CT molecular complexity index is 454. The highest BCUT2D eigenvalue weighted by atomic mass is 35.5. The van der Waals surface area contributed by atoms with Crippen molar-refractivity contribution in [3.05, 3.63) is 34.9 Å². The molecule has 0 heterocycles. The molecular weight excluding hydrogens is 248 g/mol. The zero-order valence-corrected chi connectivity index (χ0v) is 11.3. The first kappa shape index (κ1) is 14.6. The van der Waals surface area contributed by atoms with Crippen molar-refractivity contribution in [1.82, 2.24) is 0 Å². The quantitative estimate of drug-likeness (QED) is 0.635. The van der Waals surface area contributed by atoms with Crippen LogP contribution in [0.4, 0.5) is 5.69 Å². The summed E-state index contributed by atoms with van der Waals surface area (Å²) in [4.78, 5) is 0. The summed E-state index contributed by atoms with van der Waals surface area (Å²) in [5.74, 6) is 0.216. The van der Waals surface area contributed by atoms with E-state index in [1.165, 1.54) is 6.08 Å². The molecule has 0 aromatic heterocycles. The van der Waals surface area contributed by atoms with Crippen LogP contribution in [0, 0.1) is 25.2 Å². The number of nitriles is 1. The topological polar surface area (TPSA) is 56.0 Å². The van der Waals surface area contributed by atoms with Gasteiger partial charge in [0.1, 0.15) is 0 Å². The number of hydrogen-bond acceptors (Lipinski definition) is 3. The Labute approximate surface area is 113 Å². The van der Waals surface area contributed by atoms with E-state index in [0.717, 1.165) is 22.4 Å². The minimum atomic E-state index is -0.552. The van der Waals surface area contributed by atoms with Crippen LogP contribution in [0.3, 0.4) is 0 Å². The van der Waals surface area contributed by atoms with Gasteiger partial charge in [0, 0.05) is 18.3 Å². The lowest BCUT2D eigenvalue weighted by Crippen LogP contribution is -2.21. The van der Waals surface area contributed by atoms with Gasteiger partial charge in [-0.15, -0.1) is 11.6 Å². The molecule has 0 aliphatic rings. The number of allylic oxidation sites excluding steroid dienone is 1. The van der Waals surface area contributed by atoms with Gasteiger partial charge in [0.05, 0.1) is 18.1 Å². The smallest absolute Gasteiger partial charge is 0.0912 e. The van der Waals surface area contributed by atoms with Gasteiger partial charge in [-0.2, -0.15) is 5.26 Å². The fraction of sp³-hybridized carbons (Fsp3) is 0.357. The molecule has 96 valence electrons. The summed E-state index contributed by atoms with van der Waals surface area (Å²) in [6.45, 7) is 4.41. The molecule has 4 heteroatoms. The molecule has 18 heavy (non-hydrogen) atoms. The molecule has 0 fully saturated rings. The predicted octanol–water partition coefficient (Wildman–Crippen LogP) is 2.85. The molecule has 1 rings (SSSR count). The maximum Gasteiger partial charge on any atom is 0.0912 e. The van der Waals surface area contributed by atoms with Gasteiger partial charge in [0.2, 0.25) is 0 Å². The largest absolute Gasteiger partial charge is 0.390 e. The van der Waals surface area contributed by atoms with E-state index in [1.807, 2.05) is 32.0 Å². The third-order valence-corrected chi connectivity index (χ3v) is 2.95. The fourth-order valence-corrected chi connectivity index (χ4v) is 1.89. The number of aliphatic hydroxyl groups is 1. The van der Waals surface area contributed by atoms with Crippen molar-refractivity contribution in [2.24, 2.45) is 0 Å². The normalized spacial score (nSPS) is 12.4. The Morgan fingerprint density at radius 3 is 2.56 bits per heavy atom. The van der Waals surface area contributed by atoms with Crippen LogP contribution in [0.25, 0.3) is 6.08 Å². The molecule has 0 aliphatic heterocycles. The first-order valence-electron chi connectivity index (χ1n) is 5.73. The number of halogens is 1. The summed E-state index contributed by atoms with van der Waals surface area (Å²) in [7, 11) is 0. The Morgan fingerprint density at radius 2 is 2.06 bits per heavy atom. The molecule has 0 amide bonds. The molecule has 1 aromatic carbocycles. The average Bonchev–Trinajstić information content (AvgIpc) is 2.34. The third kappa shape index (κ3) is 4.06. The van der Waals surface area contributed by atoms with Crippen molar-refractivity contribution < 1.29 is 5.11 Å². The van der Waals surface area contributed by atoms with Crippen LogP contribution in [0.1, 0.15) is 16.7 Å². The molecule has 0 saturated carbocycles. The highest BCUT2D eigenvalue weighted by Crippen LogP contribution is 2.23. The number of benzene rings is 1. The molecule has 1 atom stereocenters. The van der Waals surface area contributed by atoms with Gasteiger partial charge in [0.15, 0.2) is 0 Å².